The van der Waals surface area contributed by atoms with Crippen LogP contribution in [-0.2, 0) is 9.47 Å². The Kier molecular flexibility index (Phi) is 6.96. The van der Waals surface area contributed by atoms with Gasteiger partial charge in [0.15, 0.2) is 0 Å². The van der Waals surface area contributed by atoms with Crippen molar-refractivity contribution in [3.63, 3.8) is 0 Å². The molecule has 28 heavy (non-hydrogen) atoms. The number of aliphatic hydroxyl groups excluding tert-OH is 3. The molecule has 0 aromatic carbocycles. The van der Waals surface area contributed by atoms with E-state index in [1.54, 1.807) is 0 Å². The number of aliphatic hydroxyl groups is 3. The molecular formula is C22H39NO5. The molecule has 6 heteroatoms. The molecule has 1 heterocycles. The maximum absolute atomic E-state index is 10.1. The van der Waals surface area contributed by atoms with Gasteiger partial charge in [-0.15, -0.1) is 0 Å². The summed E-state index contributed by atoms with van der Waals surface area (Å²) in [6, 6.07) is -0.471. The fourth-order valence-electron chi connectivity index (χ4n) is 6.77. The highest BCUT2D eigenvalue weighted by molar-refractivity contribution is 5.01. The minimum atomic E-state index is -0.985. The van der Waals surface area contributed by atoms with E-state index in [1.165, 1.54) is 38.5 Å². The van der Waals surface area contributed by atoms with Gasteiger partial charge in [0.1, 0.15) is 6.10 Å². The van der Waals surface area contributed by atoms with Crippen LogP contribution in [-0.4, -0.2) is 72.6 Å². The number of nitrogens with one attached hydrogen (secondary N) is 1. The second kappa shape index (κ2) is 9.27. The summed E-state index contributed by atoms with van der Waals surface area (Å²) in [5.41, 5.74) is 0.509. The van der Waals surface area contributed by atoms with Crippen molar-refractivity contribution in [2.75, 3.05) is 33.0 Å². The van der Waals surface area contributed by atoms with Crippen molar-refractivity contribution in [2.45, 2.75) is 82.1 Å². The van der Waals surface area contributed by atoms with Crippen LogP contribution in [0.25, 0.3) is 0 Å². The molecule has 4 bridgehead atoms. The van der Waals surface area contributed by atoms with E-state index in [0.717, 1.165) is 50.2 Å². The van der Waals surface area contributed by atoms with Gasteiger partial charge in [0.25, 0.3) is 0 Å². The minimum absolute atomic E-state index is 0.186. The lowest BCUT2D eigenvalue weighted by molar-refractivity contribution is -0.124. The topological polar surface area (TPSA) is 91.2 Å². The van der Waals surface area contributed by atoms with Gasteiger partial charge in [-0.05, 0) is 81.0 Å². The summed E-state index contributed by atoms with van der Waals surface area (Å²) in [6.45, 7) is 2.66. The summed E-state index contributed by atoms with van der Waals surface area (Å²) >= 11 is 0. The predicted molar refractivity (Wildman–Crippen MR) is 106 cm³/mol. The zero-order valence-corrected chi connectivity index (χ0v) is 17.1. The van der Waals surface area contributed by atoms with Crippen LogP contribution < -0.4 is 5.32 Å². The fraction of sp³-hybridized carbons (Fsp3) is 1.00. The summed E-state index contributed by atoms with van der Waals surface area (Å²) in [5.74, 6) is 2.97. The van der Waals surface area contributed by atoms with Gasteiger partial charge in [0.05, 0.1) is 31.5 Å². The zero-order valence-electron chi connectivity index (χ0n) is 17.1. The zero-order chi connectivity index (χ0) is 19.6. The SMILES string of the molecule is OC[C@H]1NC[C@@H](OCCCCCOCC23CC4C[C@H](C2)C[C@H](C4)C3)[C@@H](O)[C@H]1O. The molecule has 162 valence electrons. The van der Waals surface area contributed by atoms with Crippen molar-refractivity contribution in [1.82, 2.24) is 5.32 Å². The van der Waals surface area contributed by atoms with Gasteiger partial charge in [0.2, 0.25) is 0 Å². The van der Waals surface area contributed by atoms with Crippen LogP contribution in [0.2, 0.25) is 0 Å². The first kappa shape index (κ1) is 21.0. The van der Waals surface area contributed by atoms with Crippen LogP contribution in [0.4, 0.5) is 0 Å². The van der Waals surface area contributed by atoms with Crippen LogP contribution in [0.15, 0.2) is 0 Å². The molecule has 0 amide bonds. The molecule has 4 saturated carbocycles. The van der Waals surface area contributed by atoms with Gasteiger partial charge in [-0.3, -0.25) is 0 Å². The maximum Gasteiger partial charge on any atom is 0.109 e. The molecule has 5 fully saturated rings. The molecule has 4 N–H and O–H groups in total. The summed E-state index contributed by atoms with van der Waals surface area (Å²) in [4.78, 5) is 0. The van der Waals surface area contributed by atoms with Crippen LogP contribution in [0.1, 0.15) is 57.8 Å². The quantitative estimate of drug-likeness (QED) is 0.417. The molecule has 0 aromatic heterocycles. The van der Waals surface area contributed by atoms with Crippen molar-refractivity contribution in [3.05, 3.63) is 0 Å². The van der Waals surface area contributed by atoms with Crippen LogP contribution in [0, 0.1) is 23.2 Å². The van der Waals surface area contributed by atoms with Gasteiger partial charge in [-0.2, -0.15) is 0 Å². The van der Waals surface area contributed by atoms with Crippen molar-refractivity contribution < 1.29 is 24.8 Å². The van der Waals surface area contributed by atoms with Gasteiger partial charge in [0, 0.05) is 19.8 Å². The second-order valence-corrected chi connectivity index (χ2v) is 10.1. The van der Waals surface area contributed by atoms with Gasteiger partial charge in [-0.1, -0.05) is 0 Å². The monoisotopic (exact) mass is 397 g/mol. The number of hydrogen-bond acceptors (Lipinski definition) is 6. The summed E-state index contributed by atoms with van der Waals surface area (Å²) in [7, 11) is 0. The van der Waals surface area contributed by atoms with E-state index in [-0.39, 0.29) is 6.61 Å². The highest BCUT2D eigenvalue weighted by atomic mass is 16.5. The van der Waals surface area contributed by atoms with E-state index in [1.807, 2.05) is 0 Å². The third kappa shape index (κ3) is 4.73. The molecule has 0 radical (unpaired) electrons. The summed E-state index contributed by atoms with van der Waals surface area (Å²) < 4.78 is 11.9. The second-order valence-electron chi connectivity index (χ2n) is 10.1. The molecular weight excluding hydrogens is 358 g/mol. The largest absolute Gasteiger partial charge is 0.395 e. The Morgan fingerprint density at radius 3 is 2.14 bits per heavy atom. The third-order valence-corrected chi connectivity index (χ3v) is 7.76. The Morgan fingerprint density at radius 2 is 1.50 bits per heavy atom. The normalized spacial score (nSPS) is 44.9. The maximum atomic E-state index is 10.1. The first-order valence-electron chi connectivity index (χ1n) is 11.5. The van der Waals surface area contributed by atoms with Crippen molar-refractivity contribution in [2.24, 2.45) is 23.2 Å². The third-order valence-electron chi connectivity index (χ3n) is 7.76. The van der Waals surface area contributed by atoms with Crippen LogP contribution in [0.5, 0.6) is 0 Å². The Bertz CT molecular complexity index is 466. The summed E-state index contributed by atoms with van der Waals surface area (Å²) in [6.07, 6.45) is 9.40. The first-order valence-corrected chi connectivity index (χ1v) is 11.5. The molecule has 1 saturated heterocycles. The minimum Gasteiger partial charge on any atom is -0.395 e. The molecule has 0 unspecified atom stereocenters. The van der Waals surface area contributed by atoms with Crippen LogP contribution in [0.3, 0.4) is 0 Å². The standard InChI is InChI=1S/C22H39NO5/c24-13-18-20(25)21(26)19(12-23-18)28-5-3-1-2-4-27-14-22-9-15-6-16(10-22)8-17(7-15)11-22/h15-21,23-26H,1-14H2/t15-,16-,17?,18-,19-,20+,21-,22?/m1/s1. The number of piperidine rings is 1. The average molecular weight is 398 g/mol. The Morgan fingerprint density at radius 1 is 0.857 bits per heavy atom. The lowest BCUT2D eigenvalue weighted by atomic mass is 9.50. The molecule has 1 aliphatic heterocycles. The number of hydrogen-bond donors (Lipinski definition) is 4. The van der Waals surface area contributed by atoms with E-state index < -0.39 is 24.4 Å². The number of ether oxygens (including phenoxy) is 2. The number of rotatable bonds is 10. The van der Waals surface area contributed by atoms with E-state index in [4.69, 9.17) is 14.6 Å². The molecule has 4 aliphatic carbocycles. The van der Waals surface area contributed by atoms with Gasteiger partial charge in [-0.25, -0.2) is 0 Å². The van der Waals surface area contributed by atoms with Crippen molar-refractivity contribution >= 4 is 0 Å². The Labute approximate surface area is 169 Å². The van der Waals surface area contributed by atoms with Crippen LogP contribution >= 0.6 is 0 Å². The molecule has 4 atom stereocenters. The van der Waals surface area contributed by atoms with Crippen molar-refractivity contribution in [1.29, 1.82) is 0 Å². The van der Waals surface area contributed by atoms with E-state index in [2.05, 4.69) is 5.32 Å². The fourth-order valence-corrected chi connectivity index (χ4v) is 6.77. The average Bonchev–Trinajstić information content (AvgIpc) is 2.66. The van der Waals surface area contributed by atoms with E-state index in [9.17, 15) is 10.2 Å². The lowest BCUT2D eigenvalue weighted by Crippen LogP contribution is -2.61. The Hall–Kier alpha value is -0.240. The highest BCUT2D eigenvalue weighted by Gasteiger charge is 2.50. The molecule has 6 nitrogen and oxygen atoms in total. The molecule has 0 aromatic rings. The Balaban J connectivity index is 1.05. The predicted octanol–water partition coefficient (Wildman–Crippen LogP) is 1.46. The van der Waals surface area contributed by atoms with Crippen molar-refractivity contribution in [3.8, 4) is 0 Å². The number of unbranched alkanes of at least 4 members (excludes halogenated alkanes) is 2. The molecule has 0 spiro atoms. The van der Waals surface area contributed by atoms with E-state index in [0.29, 0.717) is 18.6 Å². The summed E-state index contributed by atoms with van der Waals surface area (Å²) in [5, 5.41) is 32.2. The highest BCUT2D eigenvalue weighted by Crippen LogP contribution is 2.60. The lowest BCUT2D eigenvalue weighted by Gasteiger charge is -2.56. The smallest absolute Gasteiger partial charge is 0.109 e. The van der Waals surface area contributed by atoms with E-state index >= 15 is 0 Å². The molecule has 5 aliphatic rings. The molecule has 5 rings (SSSR count). The van der Waals surface area contributed by atoms with Gasteiger partial charge >= 0.3 is 0 Å². The van der Waals surface area contributed by atoms with Gasteiger partial charge < -0.3 is 30.1 Å². The first-order chi connectivity index (χ1) is 13.6.